The number of nitrogens with zero attached hydrogens (tertiary/aromatic N) is 1. The number of para-hydroxylation sites is 1. The van der Waals surface area contributed by atoms with Gasteiger partial charge in [-0.2, -0.15) is 0 Å². The number of rotatable bonds is 4. The van der Waals surface area contributed by atoms with Gasteiger partial charge in [0, 0.05) is 31.5 Å². The van der Waals surface area contributed by atoms with E-state index in [0.29, 0.717) is 6.10 Å². The number of benzene rings is 1. The third-order valence-electron chi connectivity index (χ3n) is 3.80. The third-order valence-corrected chi connectivity index (χ3v) is 3.80. The highest BCUT2D eigenvalue weighted by molar-refractivity contribution is 5.55. The van der Waals surface area contributed by atoms with Crippen LogP contribution in [0, 0.1) is 0 Å². The van der Waals surface area contributed by atoms with Crippen LogP contribution in [0.15, 0.2) is 24.3 Å². The molecule has 1 N–H and O–H groups in total. The molecule has 0 aromatic heterocycles. The number of piperidine rings is 1. The van der Waals surface area contributed by atoms with Gasteiger partial charge < -0.3 is 14.7 Å². The Morgan fingerprint density at radius 2 is 2.00 bits per heavy atom. The summed E-state index contributed by atoms with van der Waals surface area (Å²) in [5.41, 5.74) is 2.23. The lowest BCUT2D eigenvalue weighted by Crippen LogP contribution is -2.37. The number of methoxy groups -OCH3 is 1. The molecule has 1 aromatic rings. The molecule has 1 atom stereocenters. The third kappa shape index (κ3) is 2.85. The van der Waals surface area contributed by atoms with Crippen LogP contribution in [-0.2, 0) is 4.74 Å². The first-order valence-electron chi connectivity index (χ1n) is 6.81. The number of hydrogen-bond acceptors (Lipinski definition) is 3. The van der Waals surface area contributed by atoms with E-state index in [4.69, 9.17) is 4.74 Å². The van der Waals surface area contributed by atoms with Crippen LogP contribution in [0.25, 0.3) is 0 Å². The molecule has 0 aliphatic carbocycles. The van der Waals surface area contributed by atoms with Crippen molar-refractivity contribution in [3.8, 4) is 0 Å². The van der Waals surface area contributed by atoms with Gasteiger partial charge in [0.25, 0.3) is 0 Å². The molecule has 0 bridgehead atoms. The van der Waals surface area contributed by atoms with Gasteiger partial charge in [0.1, 0.15) is 0 Å². The maximum Gasteiger partial charge on any atom is 0.0807 e. The quantitative estimate of drug-likeness (QED) is 0.890. The molecule has 0 radical (unpaired) electrons. The first kappa shape index (κ1) is 13.4. The molecule has 18 heavy (non-hydrogen) atoms. The van der Waals surface area contributed by atoms with E-state index in [0.717, 1.165) is 37.9 Å². The molecule has 0 spiro atoms. The van der Waals surface area contributed by atoms with Crippen LogP contribution in [0.4, 0.5) is 5.69 Å². The second-order valence-electron chi connectivity index (χ2n) is 4.90. The van der Waals surface area contributed by atoms with E-state index >= 15 is 0 Å². The largest absolute Gasteiger partial charge is 0.388 e. The number of ether oxygens (including phenoxy) is 1. The minimum Gasteiger partial charge on any atom is -0.388 e. The van der Waals surface area contributed by atoms with E-state index in [9.17, 15) is 5.11 Å². The average Bonchev–Trinajstić information content (AvgIpc) is 2.46. The highest BCUT2D eigenvalue weighted by atomic mass is 16.5. The molecule has 3 heteroatoms. The Morgan fingerprint density at radius 3 is 2.61 bits per heavy atom. The zero-order valence-electron chi connectivity index (χ0n) is 11.3. The van der Waals surface area contributed by atoms with Gasteiger partial charge in [0.2, 0.25) is 0 Å². The summed E-state index contributed by atoms with van der Waals surface area (Å²) in [6.07, 6.45) is 2.91. The number of aliphatic hydroxyl groups excluding tert-OH is 1. The SMILES string of the molecule is CC[C@H](O)c1ccccc1N1CCC(OC)CC1. The zero-order valence-corrected chi connectivity index (χ0v) is 11.3. The normalized spacial score (nSPS) is 18.9. The average molecular weight is 249 g/mol. The van der Waals surface area contributed by atoms with Crippen molar-refractivity contribution in [1.82, 2.24) is 0 Å². The molecule has 0 saturated carbocycles. The minimum atomic E-state index is -0.360. The monoisotopic (exact) mass is 249 g/mol. The first-order chi connectivity index (χ1) is 8.76. The van der Waals surface area contributed by atoms with Gasteiger partial charge in [0.15, 0.2) is 0 Å². The molecule has 0 unspecified atom stereocenters. The molecule has 1 aromatic carbocycles. The second-order valence-corrected chi connectivity index (χ2v) is 4.90. The van der Waals surface area contributed by atoms with Crippen LogP contribution < -0.4 is 4.90 Å². The van der Waals surface area contributed by atoms with Gasteiger partial charge in [-0.1, -0.05) is 25.1 Å². The summed E-state index contributed by atoms with van der Waals surface area (Å²) in [4.78, 5) is 2.36. The fourth-order valence-corrected chi connectivity index (χ4v) is 2.61. The lowest BCUT2D eigenvalue weighted by atomic mass is 10.0. The van der Waals surface area contributed by atoms with Crippen molar-refractivity contribution in [2.75, 3.05) is 25.1 Å². The Labute approximate surface area is 109 Å². The zero-order chi connectivity index (χ0) is 13.0. The van der Waals surface area contributed by atoms with E-state index in [2.05, 4.69) is 11.0 Å². The molecular weight excluding hydrogens is 226 g/mol. The van der Waals surface area contributed by atoms with Crippen LogP contribution >= 0.6 is 0 Å². The van der Waals surface area contributed by atoms with Gasteiger partial charge in [-0.3, -0.25) is 0 Å². The molecule has 1 aliphatic rings. The van der Waals surface area contributed by atoms with Gasteiger partial charge >= 0.3 is 0 Å². The van der Waals surface area contributed by atoms with Crippen LogP contribution in [0.5, 0.6) is 0 Å². The van der Waals surface area contributed by atoms with Crippen molar-refractivity contribution < 1.29 is 9.84 Å². The van der Waals surface area contributed by atoms with Gasteiger partial charge in [-0.25, -0.2) is 0 Å². The summed E-state index contributed by atoms with van der Waals surface area (Å²) < 4.78 is 5.40. The highest BCUT2D eigenvalue weighted by Gasteiger charge is 2.21. The van der Waals surface area contributed by atoms with E-state index in [1.165, 1.54) is 5.69 Å². The van der Waals surface area contributed by atoms with E-state index in [1.807, 2.05) is 25.1 Å². The summed E-state index contributed by atoms with van der Waals surface area (Å²) >= 11 is 0. The molecule has 0 amide bonds. The number of anilines is 1. The molecule has 1 heterocycles. The molecule has 3 nitrogen and oxygen atoms in total. The maximum absolute atomic E-state index is 10.1. The van der Waals surface area contributed by atoms with Crippen LogP contribution in [0.2, 0.25) is 0 Å². The topological polar surface area (TPSA) is 32.7 Å². The molecule has 1 saturated heterocycles. The second kappa shape index (κ2) is 6.21. The van der Waals surface area contributed by atoms with Gasteiger partial charge in [0.05, 0.1) is 12.2 Å². The van der Waals surface area contributed by atoms with E-state index in [-0.39, 0.29) is 6.10 Å². The van der Waals surface area contributed by atoms with Gasteiger partial charge in [-0.05, 0) is 25.3 Å². The highest BCUT2D eigenvalue weighted by Crippen LogP contribution is 2.30. The first-order valence-corrected chi connectivity index (χ1v) is 6.81. The maximum atomic E-state index is 10.1. The standard InChI is InChI=1S/C15H23NO2/c1-3-15(17)13-6-4-5-7-14(13)16-10-8-12(18-2)9-11-16/h4-7,12,15,17H,3,8-11H2,1-2H3/t15-/m0/s1. The summed E-state index contributed by atoms with van der Waals surface area (Å²) in [6.45, 7) is 4.02. The Balaban J connectivity index is 2.13. The van der Waals surface area contributed by atoms with Gasteiger partial charge in [-0.15, -0.1) is 0 Å². The lowest BCUT2D eigenvalue weighted by Gasteiger charge is -2.34. The molecule has 1 fully saturated rings. The Kier molecular flexibility index (Phi) is 4.61. The summed E-state index contributed by atoms with van der Waals surface area (Å²) in [6, 6.07) is 8.19. The summed E-state index contributed by atoms with van der Waals surface area (Å²) in [7, 11) is 1.79. The molecule has 100 valence electrons. The van der Waals surface area contributed by atoms with Crippen molar-refractivity contribution >= 4 is 5.69 Å². The fourth-order valence-electron chi connectivity index (χ4n) is 2.61. The van der Waals surface area contributed by atoms with Crippen molar-refractivity contribution in [2.24, 2.45) is 0 Å². The Bertz CT molecular complexity index is 373. The van der Waals surface area contributed by atoms with E-state index < -0.39 is 0 Å². The summed E-state index contributed by atoms with van der Waals surface area (Å²) in [5.74, 6) is 0. The van der Waals surface area contributed by atoms with Crippen LogP contribution in [0.1, 0.15) is 37.9 Å². The van der Waals surface area contributed by atoms with Crippen molar-refractivity contribution in [3.63, 3.8) is 0 Å². The predicted octanol–water partition coefficient (Wildman–Crippen LogP) is 2.75. The smallest absolute Gasteiger partial charge is 0.0807 e. The summed E-state index contributed by atoms with van der Waals surface area (Å²) in [5, 5.41) is 10.1. The fraction of sp³-hybridized carbons (Fsp3) is 0.600. The van der Waals surface area contributed by atoms with Crippen LogP contribution in [0.3, 0.4) is 0 Å². The Hall–Kier alpha value is -1.06. The number of hydrogen-bond donors (Lipinski definition) is 1. The predicted molar refractivity (Wildman–Crippen MR) is 73.9 cm³/mol. The minimum absolute atomic E-state index is 0.360. The van der Waals surface area contributed by atoms with Crippen molar-refractivity contribution in [1.29, 1.82) is 0 Å². The molecular formula is C15H23NO2. The molecule has 2 rings (SSSR count). The lowest BCUT2D eigenvalue weighted by molar-refractivity contribution is 0.0817. The van der Waals surface area contributed by atoms with E-state index in [1.54, 1.807) is 7.11 Å². The van der Waals surface area contributed by atoms with Crippen molar-refractivity contribution in [3.05, 3.63) is 29.8 Å². The van der Waals surface area contributed by atoms with Crippen LogP contribution in [-0.4, -0.2) is 31.4 Å². The number of aliphatic hydroxyl groups is 1. The molecule has 1 aliphatic heterocycles. The Morgan fingerprint density at radius 1 is 1.33 bits per heavy atom. The van der Waals surface area contributed by atoms with Crippen molar-refractivity contribution in [2.45, 2.75) is 38.4 Å².